The van der Waals surface area contributed by atoms with Crippen molar-refractivity contribution in [3.8, 4) is 18.2 Å². The number of carbonyl (C=O) groups is 4. The number of rotatable bonds is 9. The van der Waals surface area contributed by atoms with Crippen molar-refractivity contribution in [2.24, 2.45) is 0 Å². The van der Waals surface area contributed by atoms with Crippen LogP contribution in [-0.4, -0.2) is 57.2 Å². The highest BCUT2D eigenvalue weighted by molar-refractivity contribution is 5.95. The Bertz CT molecular complexity index is 1320. The van der Waals surface area contributed by atoms with Gasteiger partial charge in [-0.2, -0.15) is 0 Å². The third-order valence-corrected chi connectivity index (χ3v) is 5.84. The zero-order valence-electron chi connectivity index (χ0n) is 25.5. The number of alkyl carbamates (subject to hydrolysis) is 1. The van der Waals surface area contributed by atoms with Gasteiger partial charge in [-0.05, 0) is 66.5 Å². The number of aromatic hydroxyl groups is 1. The van der Waals surface area contributed by atoms with Crippen molar-refractivity contribution >= 4 is 23.9 Å². The minimum atomic E-state index is -1.56. The minimum absolute atomic E-state index is 0.0333. The van der Waals surface area contributed by atoms with E-state index in [0.717, 1.165) is 10.5 Å². The lowest BCUT2D eigenvalue weighted by Gasteiger charge is -2.31. The summed E-state index contributed by atoms with van der Waals surface area (Å²) in [5.41, 5.74) is -0.435. The lowest BCUT2D eigenvalue weighted by atomic mass is 9.98. The first-order chi connectivity index (χ1) is 19.4. The van der Waals surface area contributed by atoms with Gasteiger partial charge in [0.25, 0.3) is 5.91 Å². The normalized spacial score (nSPS) is 13.5. The number of nitrogens with one attached hydrogen (secondary N) is 2. The average Bonchev–Trinajstić information content (AvgIpc) is 2.86. The quantitative estimate of drug-likeness (QED) is 0.231. The summed E-state index contributed by atoms with van der Waals surface area (Å²) in [6.45, 7) is 13.1. The van der Waals surface area contributed by atoms with E-state index < -0.39 is 53.2 Å². The highest BCUT2D eigenvalue weighted by atomic mass is 16.6. The molecule has 0 fully saturated rings. The summed E-state index contributed by atoms with van der Waals surface area (Å²) in [6, 6.07) is 12.0. The number of aryl methyl sites for hydroxylation is 1. The molecule has 3 unspecified atom stereocenters. The molecule has 0 heterocycles. The molecule has 0 saturated carbocycles. The highest BCUT2D eigenvalue weighted by Crippen LogP contribution is 2.32. The van der Waals surface area contributed by atoms with Gasteiger partial charge in [0.05, 0.1) is 0 Å². The number of hydrogen-bond donors (Lipinski definition) is 3. The maximum Gasteiger partial charge on any atom is 0.408 e. The van der Waals surface area contributed by atoms with E-state index in [1.165, 1.54) is 13.0 Å². The Kier molecular flexibility index (Phi) is 11.1. The number of nitrogens with zero attached hydrogens (tertiary/aromatic N) is 1. The molecule has 3 amide bonds. The fourth-order valence-electron chi connectivity index (χ4n) is 3.99. The van der Waals surface area contributed by atoms with E-state index in [1.807, 2.05) is 6.07 Å². The largest absolute Gasteiger partial charge is 0.507 e. The molecular weight excluding hydrogens is 538 g/mol. The third kappa shape index (κ3) is 9.84. The number of phenols is 1. The molecule has 0 saturated heterocycles. The van der Waals surface area contributed by atoms with Crippen LogP contribution in [0.15, 0.2) is 48.5 Å². The molecule has 0 aliphatic heterocycles. The van der Waals surface area contributed by atoms with Crippen molar-refractivity contribution in [2.45, 2.75) is 91.1 Å². The molecule has 0 aliphatic carbocycles. The van der Waals surface area contributed by atoms with Crippen LogP contribution in [0.4, 0.5) is 4.79 Å². The van der Waals surface area contributed by atoms with Gasteiger partial charge in [0.1, 0.15) is 29.0 Å². The summed E-state index contributed by atoms with van der Waals surface area (Å²) < 4.78 is 10.8. The molecule has 2 aromatic carbocycles. The summed E-state index contributed by atoms with van der Waals surface area (Å²) in [6.07, 6.45) is 5.00. The fraction of sp³-hybridized carbons (Fsp3) is 0.438. The second-order valence-electron chi connectivity index (χ2n) is 11.9. The van der Waals surface area contributed by atoms with Crippen molar-refractivity contribution in [2.75, 3.05) is 0 Å². The van der Waals surface area contributed by atoms with Crippen LogP contribution in [0.3, 0.4) is 0 Å². The van der Waals surface area contributed by atoms with E-state index in [9.17, 15) is 24.3 Å². The molecule has 3 N–H and O–H groups in total. The smallest absolute Gasteiger partial charge is 0.408 e. The van der Waals surface area contributed by atoms with Gasteiger partial charge in [-0.3, -0.25) is 14.5 Å². The van der Waals surface area contributed by atoms with E-state index >= 15 is 0 Å². The van der Waals surface area contributed by atoms with Gasteiger partial charge in [0.15, 0.2) is 6.04 Å². The van der Waals surface area contributed by atoms with Crippen LogP contribution < -0.4 is 10.6 Å². The number of hydrogen-bond acceptors (Lipinski definition) is 7. The van der Waals surface area contributed by atoms with Gasteiger partial charge in [-0.1, -0.05) is 55.0 Å². The van der Waals surface area contributed by atoms with Crippen molar-refractivity contribution in [1.82, 2.24) is 15.5 Å². The van der Waals surface area contributed by atoms with Gasteiger partial charge >= 0.3 is 12.1 Å². The van der Waals surface area contributed by atoms with E-state index in [0.29, 0.717) is 5.56 Å². The van der Waals surface area contributed by atoms with Crippen molar-refractivity contribution in [3.63, 3.8) is 0 Å². The monoisotopic (exact) mass is 579 g/mol. The first-order valence-electron chi connectivity index (χ1n) is 13.6. The van der Waals surface area contributed by atoms with Crippen molar-refractivity contribution in [3.05, 3.63) is 65.2 Å². The second-order valence-corrected chi connectivity index (χ2v) is 11.9. The lowest BCUT2D eigenvalue weighted by molar-refractivity contribution is -0.159. The van der Waals surface area contributed by atoms with Gasteiger partial charge < -0.3 is 25.2 Å². The molecular formula is C32H41N3O7. The van der Waals surface area contributed by atoms with Gasteiger partial charge in [0.2, 0.25) is 5.91 Å². The lowest BCUT2D eigenvalue weighted by Crippen LogP contribution is -2.53. The maximum atomic E-state index is 14.0. The van der Waals surface area contributed by atoms with Crippen molar-refractivity contribution in [1.29, 1.82) is 0 Å². The molecule has 2 rings (SSSR count). The first kappa shape index (κ1) is 33.7. The molecule has 0 bridgehead atoms. The van der Waals surface area contributed by atoms with Crippen LogP contribution >= 0.6 is 0 Å². The molecule has 2 aromatic rings. The zero-order chi connectivity index (χ0) is 31.8. The topological polar surface area (TPSA) is 134 Å². The molecule has 0 aromatic heterocycles. The first-order valence-corrected chi connectivity index (χ1v) is 13.6. The third-order valence-electron chi connectivity index (χ3n) is 5.84. The predicted octanol–water partition coefficient (Wildman–Crippen LogP) is 4.14. The summed E-state index contributed by atoms with van der Waals surface area (Å²) in [4.78, 5) is 53.9. The number of esters is 1. The Labute approximate surface area is 247 Å². The Hall–Kier alpha value is -4.52. The molecule has 0 aliphatic rings. The molecule has 10 heteroatoms. The number of ether oxygens (including phenoxy) is 2. The average molecular weight is 580 g/mol. The van der Waals surface area contributed by atoms with Crippen LogP contribution in [-0.2, 0) is 30.3 Å². The number of terminal acetylenes is 1. The van der Waals surface area contributed by atoms with Crippen LogP contribution in [0.5, 0.6) is 5.75 Å². The number of amides is 3. The van der Waals surface area contributed by atoms with E-state index in [-0.39, 0.29) is 17.7 Å². The van der Waals surface area contributed by atoms with Gasteiger partial charge in [0, 0.05) is 18.0 Å². The predicted molar refractivity (Wildman–Crippen MR) is 158 cm³/mol. The van der Waals surface area contributed by atoms with E-state index in [2.05, 4.69) is 16.7 Å². The highest BCUT2D eigenvalue weighted by Gasteiger charge is 2.38. The zero-order valence-corrected chi connectivity index (χ0v) is 25.5. The molecule has 0 radical (unpaired) electrons. The van der Waals surface area contributed by atoms with Gasteiger partial charge in [-0.25, -0.2) is 9.59 Å². The molecule has 42 heavy (non-hydrogen) atoms. The molecule has 3 atom stereocenters. The standard InChI is InChI=1S/C32H41N3O7/c1-10-35(28(38)21(3)33-30(40)42-32(7,8)9)25(23-18-14-15-20(2)26(23)36)27(37)34-24(29(39)41-31(4,5)6)19-22-16-12-11-13-17-22/h1,11-18,21,24-25,36H,19H2,2-9H3,(H,33,40)(H,34,37). The molecule has 10 nitrogen and oxygen atoms in total. The van der Waals surface area contributed by atoms with Crippen LogP contribution in [0.1, 0.15) is 71.2 Å². The maximum absolute atomic E-state index is 14.0. The Morgan fingerprint density at radius 1 is 0.929 bits per heavy atom. The number of carbonyl (C=O) groups excluding carboxylic acids is 4. The van der Waals surface area contributed by atoms with Crippen LogP contribution in [0.2, 0.25) is 0 Å². The van der Waals surface area contributed by atoms with Crippen molar-refractivity contribution < 1.29 is 33.8 Å². The van der Waals surface area contributed by atoms with Crippen LogP contribution in [0.25, 0.3) is 0 Å². The fourth-order valence-corrected chi connectivity index (χ4v) is 3.99. The molecule has 226 valence electrons. The van der Waals surface area contributed by atoms with E-state index in [4.69, 9.17) is 15.9 Å². The van der Waals surface area contributed by atoms with E-state index in [1.54, 1.807) is 84.9 Å². The Morgan fingerprint density at radius 2 is 1.52 bits per heavy atom. The summed E-state index contributed by atoms with van der Waals surface area (Å²) in [7, 11) is 0. The van der Waals surface area contributed by atoms with Gasteiger partial charge in [-0.15, -0.1) is 0 Å². The number of benzene rings is 2. The number of phenolic OH excluding ortho intramolecular Hbond substituents is 1. The molecule has 0 spiro atoms. The summed E-state index contributed by atoms with van der Waals surface area (Å²) in [5, 5.41) is 16.0. The second kappa shape index (κ2) is 13.9. The summed E-state index contributed by atoms with van der Waals surface area (Å²) in [5.74, 6) is -2.60. The SMILES string of the molecule is C#CN(C(=O)C(C)NC(=O)OC(C)(C)C)C(C(=O)NC(Cc1ccccc1)C(=O)OC(C)(C)C)c1cccc(C)c1O. The minimum Gasteiger partial charge on any atom is -0.507 e. The Morgan fingerprint density at radius 3 is 2.07 bits per heavy atom. The Balaban J connectivity index is 2.51. The van der Waals surface area contributed by atoms with Crippen LogP contribution in [0, 0.1) is 19.4 Å². The summed E-state index contributed by atoms with van der Waals surface area (Å²) >= 11 is 0. The number of para-hydroxylation sites is 1.